The molecule has 3 nitrogen and oxygen atoms in total. The second kappa shape index (κ2) is 3.51. The van der Waals surface area contributed by atoms with Gasteiger partial charge >= 0.3 is 6.16 Å². The van der Waals surface area contributed by atoms with Crippen LogP contribution in [0.25, 0.3) is 0 Å². The number of carbonyl (C=O) groups excluding carboxylic acids is 1. The molecule has 0 saturated heterocycles. The molecule has 4 aliphatic rings. The molecule has 0 spiro atoms. The Morgan fingerprint density at radius 1 is 1.12 bits per heavy atom. The molecule has 16 heavy (non-hydrogen) atoms. The molecule has 0 amide bonds. The van der Waals surface area contributed by atoms with Crippen molar-refractivity contribution >= 4 is 6.16 Å². The van der Waals surface area contributed by atoms with Crippen molar-refractivity contribution in [3.05, 3.63) is 12.8 Å². The van der Waals surface area contributed by atoms with Crippen molar-refractivity contribution in [1.82, 2.24) is 0 Å². The Labute approximate surface area is 95.8 Å². The predicted molar refractivity (Wildman–Crippen MR) is 58.7 cm³/mol. The molecule has 4 saturated carbocycles. The molecule has 0 aromatic rings. The first-order valence-corrected chi connectivity index (χ1v) is 6.20. The largest absolute Gasteiger partial charge is 0.513 e. The summed E-state index contributed by atoms with van der Waals surface area (Å²) in [5.41, 5.74) is -0.200. The molecule has 0 unspecified atom stereocenters. The third-order valence-electron chi connectivity index (χ3n) is 4.46. The molecule has 88 valence electrons. The molecule has 0 radical (unpaired) electrons. The summed E-state index contributed by atoms with van der Waals surface area (Å²) in [6.07, 6.45) is 7.75. The van der Waals surface area contributed by atoms with Gasteiger partial charge in [0.05, 0.1) is 6.26 Å². The van der Waals surface area contributed by atoms with E-state index in [4.69, 9.17) is 4.74 Å². The van der Waals surface area contributed by atoms with E-state index < -0.39 is 6.16 Å². The first-order chi connectivity index (χ1) is 7.69. The van der Waals surface area contributed by atoms with Crippen molar-refractivity contribution in [3.8, 4) is 0 Å². The zero-order valence-electron chi connectivity index (χ0n) is 9.48. The number of carbonyl (C=O) groups is 1. The Morgan fingerprint density at radius 3 is 2.06 bits per heavy atom. The Bertz CT molecular complexity index is 286. The van der Waals surface area contributed by atoms with Gasteiger partial charge in [-0.3, -0.25) is 0 Å². The summed E-state index contributed by atoms with van der Waals surface area (Å²) in [7, 11) is 0. The molecule has 4 rings (SSSR count). The molecule has 0 atom stereocenters. The lowest BCUT2D eigenvalue weighted by Crippen LogP contribution is -2.52. The minimum Gasteiger partial charge on any atom is -0.427 e. The van der Waals surface area contributed by atoms with Gasteiger partial charge in [0.15, 0.2) is 0 Å². The first-order valence-electron chi connectivity index (χ1n) is 6.20. The topological polar surface area (TPSA) is 35.5 Å². The highest BCUT2D eigenvalue weighted by Gasteiger charge is 2.53. The van der Waals surface area contributed by atoms with E-state index in [1.807, 2.05) is 0 Å². The van der Waals surface area contributed by atoms with E-state index in [1.54, 1.807) is 0 Å². The van der Waals surface area contributed by atoms with Crippen LogP contribution in [0.2, 0.25) is 0 Å². The summed E-state index contributed by atoms with van der Waals surface area (Å²) in [4.78, 5) is 11.4. The average molecular weight is 222 g/mol. The van der Waals surface area contributed by atoms with Gasteiger partial charge in [0.25, 0.3) is 0 Å². The highest BCUT2D eigenvalue weighted by Crippen LogP contribution is 2.57. The van der Waals surface area contributed by atoms with Crippen LogP contribution in [0, 0.1) is 17.8 Å². The fourth-order valence-electron chi connectivity index (χ4n) is 4.43. The van der Waals surface area contributed by atoms with E-state index >= 15 is 0 Å². The summed E-state index contributed by atoms with van der Waals surface area (Å²) in [6.45, 7) is 3.37. The van der Waals surface area contributed by atoms with Gasteiger partial charge in [-0.05, 0) is 56.3 Å². The maximum absolute atomic E-state index is 11.4. The highest BCUT2D eigenvalue weighted by atomic mass is 16.7. The highest BCUT2D eigenvalue weighted by molar-refractivity contribution is 5.61. The van der Waals surface area contributed by atoms with Crippen LogP contribution in [-0.2, 0) is 9.47 Å². The van der Waals surface area contributed by atoms with Gasteiger partial charge < -0.3 is 9.47 Å². The van der Waals surface area contributed by atoms with Crippen LogP contribution in [0.3, 0.4) is 0 Å². The van der Waals surface area contributed by atoms with Crippen LogP contribution in [0.15, 0.2) is 12.8 Å². The Hall–Kier alpha value is -0.990. The van der Waals surface area contributed by atoms with E-state index in [2.05, 4.69) is 11.3 Å². The van der Waals surface area contributed by atoms with E-state index in [-0.39, 0.29) is 5.60 Å². The Balaban J connectivity index is 1.73. The molecule has 0 heterocycles. The summed E-state index contributed by atoms with van der Waals surface area (Å²) in [6, 6.07) is 0. The van der Waals surface area contributed by atoms with Gasteiger partial charge in [-0.25, -0.2) is 4.79 Å². The normalized spacial score (nSPS) is 44.1. The molecule has 4 fully saturated rings. The van der Waals surface area contributed by atoms with Gasteiger partial charge in [-0.1, -0.05) is 6.58 Å². The van der Waals surface area contributed by atoms with Crippen LogP contribution in [0.5, 0.6) is 0 Å². The minimum absolute atomic E-state index is 0.200. The first kappa shape index (κ1) is 10.2. The number of hydrogen-bond acceptors (Lipinski definition) is 3. The van der Waals surface area contributed by atoms with Crippen LogP contribution in [-0.4, -0.2) is 11.8 Å². The monoisotopic (exact) mass is 222 g/mol. The quantitative estimate of drug-likeness (QED) is 0.531. The molecule has 0 aromatic heterocycles. The van der Waals surface area contributed by atoms with E-state index in [0.717, 1.165) is 43.3 Å². The van der Waals surface area contributed by atoms with Crippen LogP contribution in [0.1, 0.15) is 38.5 Å². The fourth-order valence-corrected chi connectivity index (χ4v) is 4.43. The molecular formula is C13H18O3. The molecule has 0 aromatic carbocycles. The van der Waals surface area contributed by atoms with Gasteiger partial charge in [0.1, 0.15) is 5.60 Å². The molecule has 3 heteroatoms. The second-order valence-corrected chi connectivity index (χ2v) is 5.74. The lowest BCUT2D eigenvalue weighted by Gasteiger charge is -2.55. The van der Waals surface area contributed by atoms with E-state index in [9.17, 15) is 4.79 Å². The molecule has 4 bridgehead atoms. The SMILES string of the molecule is C=COC(=O)OC12CC3CC(CC(C3)C1)C2. The fraction of sp³-hybridized carbons (Fsp3) is 0.769. The lowest BCUT2D eigenvalue weighted by atomic mass is 9.54. The summed E-state index contributed by atoms with van der Waals surface area (Å²) < 4.78 is 10.2. The summed E-state index contributed by atoms with van der Waals surface area (Å²) in [5, 5.41) is 0. The number of ether oxygens (including phenoxy) is 2. The maximum Gasteiger partial charge on any atom is 0.513 e. The van der Waals surface area contributed by atoms with Crippen molar-refractivity contribution in [2.24, 2.45) is 17.8 Å². The van der Waals surface area contributed by atoms with Gasteiger partial charge in [0.2, 0.25) is 0 Å². The second-order valence-electron chi connectivity index (χ2n) is 5.74. The average Bonchev–Trinajstić information content (AvgIpc) is 2.13. The maximum atomic E-state index is 11.4. The minimum atomic E-state index is -0.572. The molecule has 0 aliphatic heterocycles. The van der Waals surface area contributed by atoms with Crippen molar-refractivity contribution in [2.45, 2.75) is 44.1 Å². The third-order valence-corrected chi connectivity index (χ3v) is 4.46. The number of rotatable bonds is 2. The third kappa shape index (κ3) is 1.62. The zero-order valence-corrected chi connectivity index (χ0v) is 9.48. The Morgan fingerprint density at radius 2 is 1.62 bits per heavy atom. The lowest BCUT2D eigenvalue weighted by molar-refractivity contribution is -0.138. The molecule has 0 N–H and O–H groups in total. The van der Waals surface area contributed by atoms with Crippen molar-refractivity contribution in [3.63, 3.8) is 0 Å². The van der Waals surface area contributed by atoms with Gasteiger partial charge in [-0.2, -0.15) is 0 Å². The summed E-state index contributed by atoms with van der Waals surface area (Å²) in [5.74, 6) is 2.34. The molecule has 4 aliphatic carbocycles. The van der Waals surface area contributed by atoms with Crippen LogP contribution in [0.4, 0.5) is 4.79 Å². The van der Waals surface area contributed by atoms with Crippen molar-refractivity contribution < 1.29 is 14.3 Å². The standard InChI is InChI=1S/C13H18O3/c1-2-15-12(14)16-13-6-9-3-10(7-13)5-11(4-9)8-13/h2,9-11H,1,3-8H2. The van der Waals surface area contributed by atoms with Crippen LogP contribution < -0.4 is 0 Å². The van der Waals surface area contributed by atoms with E-state index in [0.29, 0.717) is 0 Å². The van der Waals surface area contributed by atoms with Gasteiger partial charge in [-0.15, -0.1) is 0 Å². The van der Waals surface area contributed by atoms with Crippen molar-refractivity contribution in [1.29, 1.82) is 0 Å². The number of hydrogen-bond donors (Lipinski definition) is 0. The van der Waals surface area contributed by atoms with Crippen molar-refractivity contribution in [2.75, 3.05) is 0 Å². The van der Waals surface area contributed by atoms with Gasteiger partial charge in [0, 0.05) is 0 Å². The predicted octanol–water partition coefficient (Wildman–Crippen LogP) is 3.25. The Kier molecular flexibility index (Phi) is 2.23. The molecular weight excluding hydrogens is 204 g/mol. The van der Waals surface area contributed by atoms with Crippen LogP contribution >= 0.6 is 0 Å². The summed E-state index contributed by atoms with van der Waals surface area (Å²) >= 11 is 0. The zero-order chi connectivity index (χ0) is 11.2. The van der Waals surface area contributed by atoms with E-state index in [1.165, 1.54) is 19.3 Å². The smallest absolute Gasteiger partial charge is 0.427 e.